The Morgan fingerprint density at radius 3 is 2.33 bits per heavy atom. The molecule has 0 bridgehead atoms. The van der Waals surface area contributed by atoms with Crippen molar-refractivity contribution in [2.75, 3.05) is 6.26 Å². The van der Waals surface area contributed by atoms with Gasteiger partial charge in [-0.1, -0.05) is 38.1 Å². The van der Waals surface area contributed by atoms with E-state index in [1.165, 1.54) is 6.26 Å². The molecule has 6 heteroatoms. The number of amides is 1. The molecule has 0 radical (unpaired) electrons. The zero-order chi connectivity index (χ0) is 16.0. The fourth-order valence-corrected chi connectivity index (χ4v) is 2.93. The van der Waals surface area contributed by atoms with Crippen LogP contribution in [-0.2, 0) is 26.9 Å². The van der Waals surface area contributed by atoms with Crippen molar-refractivity contribution in [3.05, 3.63) is 35.4 Å². The van der Waals surface area contributed by atoms with E-state index in [1.807, 2.05) is 26.0 Å². The molecule has 5 nitrogen and oxygen atoms in total. The van der Waals surface area contributed by atoms with Crippen LogP contribution in [0.3, 0.4) is 0 Å². The molecular formula is C15H24N2O3S. The average Bonchev–Trinajstić information content (AvgIpc) is 2.34. The summed E-state index contributed by atoms with van der Waals surface area (Å²) < 4.78 is 22.8. The van der Waals surface area contributed by atoms with Crippen LogP contribution >= 0.6 is 0 Å². The van der Waals surface area contributed by atoms with Gasteiger partial charge in [0.2, 0.25) is 5.91 Å². The Morgan fingerprint density at radius 2 is 1.81 bits per heavy atom. The van der Waals surface area contributed by atoms with E-state index in [2.05, 4.69) is 5.32 Å². The molecule has 1 aromatic rings. The second-order valence-corrected chi connectivity index (χ2v) is 7.93. The minimum atomic E-state index is -3.11. The van der Waals surface area contributed by atoms with E-state index in [0.717, 1.165) is 5.56 Å². The van der Waals surface area contributed by atoms with Gasteiger partial charge in [-0.25, -0.2) is 8.42 Å². The van der Waals surface area contributed by atoms with Gasteiger partial charge < -0.3 is 11.1 Å². The minimum Gasteiger partial charge on any atom is -0.351 e. The number of carbonyl (C=O) groups is 1. The lowest BCUT2D eigenvalue weighted by atomic mass is 10.0. The van der Waals surface area contributed by atoms with Gasteiger partial charge in [0.15, 0.2) is 9.84 Å². The van der Waals surface area contributed by atoms with Gasteiger partial charge in [-0.05, 0) is 23.5 Å². The maximum atomic E-state index is 11.9. The lowest BCUT2D eigenvalue weighted by Crippen LogP contribution is -2.41. The third-order valence-electron chi connectivity index (χ3n) is 3.05. The highest BCUT2D eigenvalue weighted by atomic mass is 32.2. The van der Waals surface area contributed by atoms with E-state index in [4.69, 9.17) is 5.73 Å². The number of nitrogens with one attached hydrogen (secondary N) is 1. The Labute approximate surface area is 126 Å². The molecule has 1 aromatic carbocycles. The van der Waals surface area contributed by atoms with Gasteiger partial charge in [0.05, 0.1) is 11.8 Å². The third kappa shape index (κ3) is 6.73. The standard InChI is InChI=1S/C15H24N2O3S/c1-11(2)8-14(16)15(18)17-9-12-6-4-5-7-13(12)10-21(3,19)20/h4-7,11,14H,8-10,16H2,1-3H3,(H,17,18)/t14-/m0/s1. The topological polar surface area (TPSA) is 89.3 Å². The summed E-state index contributed by atoms with van der Waals surface area (Å²) in [5.74, 6) is 0.109. The number of rotatable bonds is 7. The van der Waals surface area contributed by atoms with Crippen LogP contribution in [0, 0.1) is 5.92 Å². The Balaban J connectivity index is 2.69. The lowest BCUT2D eigenvalue weighted by Gasteiger charge is -2.15. The molecule has 118 valence electrons. The predicted molar refractivity (Wildman–Crippen MR) is 84.3 cm³/mol. The minimum absolute atomic E-state index is 0.0307. The van der Waals surface area contributed by atoms with E-state index < -0.39 is 15.9 Å². The number of nitrogens with two attached hydrogens (primary N) is 1. The molecule has 1 amide bonds. The highest BCUT2D eigenvalue weighted by Gasteiger charge is 2.15. The van der Waals surface area contributed by atoms with E-state index in [1.54, 1.807) is 12.1 Å². The number of hydrogen-bond donors (Lipinski definition) is 2. The third-order valence-corrected chi connectivity index (χ3v) is 3.89. The monoisotopic (exact) mass is 312 g/mol. The smallest absolute Gasteiger partial charge is 0.237 e. The summed E-state index contributed by atoms with van der Waals surface area (Å²) in [5, 5.41) is 2.77. The SMILES string of the molecule is CC(C)C[C@H](N)C(=O)NCc1ccccc1CS(C)(=O)=O. The molecule has 0 saturated carbocycles. The molecule has 21 heavy (non-hydrogen) atoms. The summed E-state index contributed by atoms with van der Waals surface area (Å²) >= 11 is 0. The number of benzene rings is 1. The highest BCUT2D eigenvalue weighted by molar-refractivity contribution is 7.89. The normalized spacial score (nSPS) is 13.2. The summed E-state index contributed by atoms with van der Waals surface area (Å²) in [6, 6.07) is 6.65. The molecule has 0 heterocycles. The van der Waals surface area contributed by atoms with Crippen LogP contribution < -0.4 is 11.1 Å². The van der Waals surface area contributed by atoms with Crippen molar-refractivity contribution < 1.29 is 13.2 Å². The molecule has 0 unspecified atom stereocenters. The molecule has 0 saturated heterocycles. The Bertz CT molecular complexity index is 582. The largest absolute Gasteiger partial charge is 0.351 e. The van der Waals surface area contributed by atoms with Crippen LogP contribution in [0.2, 0.25) is 0 Å². The molecule has 0 spiro atoms. The highest BCUT2D eigenvalue weighted by Crippen LogP contribution is 2.12. The van der Waals surface area contributed by atoms with Crippen molar-refractivity contribution in [2.45, 2.75) is 38.6 Å². The predicted octanol–water partition coefficient (Wildman–Crippen LogP) is 1.22. The van der Waals surface area contributed by atoms with Crippen LogP contribution in [0.1, 0.15) is 31.4 Å². The summed E-state index contributed by atoms with van der Waals surface area (Å²) in [4.78, 5) is 11.9. The van der Waals surface area contributed by atoms with E-state index in [9.17, 15) is 13.2 Å². The molecule has 0 aromatic heterocycles. The van der Waals surface area contributed by atoms with Crippen LogP contribution in [-0.4, -0.2) is 26.6 Å². The van der Waals surface area contributed by atoms with E-state index >= 15 is 0 Å². The van der Waals surface area contributed by atoms with Gasteiger partial charge in [0, 0.05) is 12.8 Å². The van der Waals surface area contributed by atoms with Crippen molar-refractivity contribution in [3.8, 4) is 0 Å². The molecule has 1 rings (SSSR count). The van der Waals surface area contributed by atoms with Gasteiger partial charge in [0.1, 0.15) is 0 Å². The molecule has 0 aliphatic rings. The second-order valence-electron chi connectivity index (χ2n) is 5.79. The van der Waals surface area contributed by atoms with Gasteiger partial charge in [-0.3, -0.25) is 4.79 Å². The lowest BCUT2D eigenvalue weighted by molar-refractivity contribution is -0.122. The van der Waals surface area contributed by atoms with Crippen molar-refractivity contribution in [2.24, 2.45) is 11.7 Å². The van der Waals surface area contributed by atoms with E-state index in [0.29, 0.717) is 17.9 Å². The van der Waals surface area contributed by atoms with Gasteiger partial charge in [0.25, 0.3) is 0 Å². The van der Waals surface area contributed by atoms with E-state index in [-0.39, 0.29) is 18.2 Å². The molecular weight excluding hydrogens is 288 g/mol. The summed E-state index contributed by atoms with van der Waals surface area (Å²) in [6.07, 6.45) is 1.82. The van der Waals surface area contributed by atoms with Crippen LogP contribution in [0.5, 0.6) is 0 Å². The number of sulfone groups is 1. The fraction of sp³-hybridized carbons (Fsp3) is 0.533. The first-order chi connectivity index (χ1) is 9.69. The van der Waals surface area contributed by atoms with Crippen molar-refractivity contribution in [3.63, 3.8) is 0 Å². The molecule has 0 aliphatic heterocycles. The zero-order valence-corrected chi connectivity index (χ0v) is 13.6. The first-order valence-corrected chi connectivity index (χ1v) is 9.03. The Kier molecular flexibility index (Phi) is 6.36. The maximum Gasteiger partial charge on any atom is 0.237 e. The van der Waals surface area contributed by atoms with Crippen molar-refractivity contribution in [1.29, 1.82) is 0 Å². The average molecular weight is 312 g/mol. The van der Waals surface area contributed by atoms with Gasteiger partial charge in [-0.2, -0.15) is 0 Å². The van der Waals surface area contributed by atoms with Crippen molar-refractivity contribution >= 4 is 15.7 Å². The molecule has 0 aliphatic carbocycles. The first kappa shape index (κ1) is 17.7. The summed E-state index contributed by atoms with van der Waals surface area (Å²) in [5.41, 5.74) is 7.32. The van der Waals surface area contributed by atoms with Crippen LogP contribution in [0.25, 0.3) is 0 Å². The van der Waals surface area contributed by atoms with Gasteiger partial charge >= 0.3 is 0 Å². The number of carbonyl (C=O) groups excluding carboxylic acids is 1. The second kappa shape index (κ2) is 7.56. The van der Waals surface area contributed by atoms with Crippen LogP contribution in [0.15, 0.2) is 24.3 Å². The van der Waals surface area contributed by atoms with Gasteiger partial charge in [-0.15, -0.1) is 0 Å². The maximum absolute atomic E-state index is 11.9. The summed E-state index contributed by atoms with van der Waals surface area (Å²) in [7, 11) is -3.11. The molecule has 3 N–H and O–H groups in total. The quantitative estimate of drug-likeness (QED) is 0.792. The Morgan fingerprint density at radius 1 is 1.24 bits per heavy atom. The molecule has 1 atom stereocenters. The van der Waals surface area contributed by atoms with Crippen LogP contribution in [0.4, 0.5) is 0 Å². The van der Waals surface area contributed by atoms with Crippen molar-refractivity contribution in [1.82, 2.24) is 5.32 Å². The Hall–Kier alpha value is -1.40. The fourth-order valence-electron chi connectivity index (χ4n) is 2.08. The zero-order valence-electron chi connectivity index (χ0n) is 12.8. The first-order valence-electron chi connectivity index (χ1n) is 6.97. The number of hydrogen-bond acceptors (Lipinski definition) is 4. The molecule has 0 fully saturated rings. The summed E-state index contributed by atoms with van der Waals surface area (Å²) in [6.45, 7) is 4.30.